The van der Waals surface area contributed by atoms with E-state index in [-0.39, 0.29) is 23.8 Å². The van der Waals surface area contributed by atoms with Crippen molar-refractivity contribution < 1.29 is 14.3 Å². The van der Waals surface area contributed by atoms with Gasteiger partial charge in [-0.3, -0.25) is 9.59 Å². The topological polar surface area (TPSA) is 55.4 Å². The molecule has 4 heteroatoms. The predicted octanol–water partition coefficient (Wildman–Crippen LogP) is 1.60. The second-order valence-corrected chi connectivity index (χ2v) is 4.46. The third-order valence-electron chi connectivity index (χ3n) is 3.22. The Morgan fingerprint density at radius 2 is 2.22 bits per heavy atom. The second kappa shape index (κ2) is 5.21. The van der Waals surface area contributed by atoms with Crippen LogP contribution in [-0.2, 0) is 20.7 Å². The van der Waals surface area contributed by atoms with Crippen molar-refractivity contribution in [3.05, 3.63) is 35.4 Å². The van der Waals surface area contributed by atoms with Gasteiger partial charge in [0.15, 0.2) is 0 Å². The molecule has 0 saturated carbocycles. The van der Waals surface area contributed by atoms with Gasteiger partial charge in [-0.1, -0.05) is 24.3 Å². The van der Waals surface area contributed by atoms with E-state index in [1.165, 1.54) is 0 Å². The van der Waals surface area contributed by atoms with Gasteiger partial charge in [-0.2, -0.15) is 0 Å². The zero-order valence-corrected chi connectivity index (χ0v) is 10.6. The highest BCUT2D eigenvalue weighted by Crippen LogP contribution is 2.29. The molecule has 2 unspecified atom stereocenters. The van der Waals surface area contributed by atoms with Crippen LogP contribution in [0.25, 0.3) is 0 Å². The molecule has 1 aromatic rings. The molecule has 2 rings (SSSR count). The molecule has 0 radical (unpaired) electrons. The standard InChI is InChI=1S/C14H17NO3/c1-3-18-14(17)9(2)13-11-7-5-4-6-10(11)8-12(16)15-13/h4-7,9,13H,3,8H2,1-2H3,(H,15,16). The van der Waals surface area contributed by atoms with Crippen molar-refractivity contribution in [2.45, 2.75) is 26.3 Å². The largest absolute Gasteiger partial charge is 0.466 e. The summed E-state index contributed by atoms with van der Waals surface area (Å²) >= 11 is 0. The number of carbonyl (C=O) groups is 2. The van der Waals surface area contributed by atoms with Gasteiger partial charge in [0.25, 0.3) is 0 Å². The molecule has 0 aromatic heterocycles. The van der Waals surface area contributed by atoms with E-state index in [2.05, 4.69) is 5.32 Å². The van der Waals surface area contributed by atoms with E-state index in [0.717, 1.165) is 11.1 Å². The van der Waals surface area contributed by atoms with E-state index < -0.39 is 0 Å². The molecule has 0 saturated heterocycles. The number of nitrogens with one attached hydrogen (secondary N) is 1. The van der Waals surface area contributed by atoms with Gasteiger partial charge in [0.2, 0.25) is 5.91 Å². The summed E-state index contributed by atoms with van der Waals surface area (Å²) in [5, 5.41) is 2.87. The van der Waals surface area contributed by atoms with Crippen LogP contribution < -0.4 is 5.32 Å². The molecule has 2 atom stereocenters. The molecular weight excluding hydrogens is 230 g/mol. The van der Waals surface area contributed by atoms with Gasteiger partial charge < -0.3 is 10.1 Å². The fourth-order valence-corrected chi connectivity index (χ4v) is 2.28. The monoisotopic (exact) mass is 247 g/mol. The van der Waals surface area contributed by atoms with Gasteiger partial charge in [0.05, 0.1) is 25.0 Å². The van der Waals surface area contributed by atoms with Gasteiger partial charge in [0, 0.05) is 0 Å². The molecule has 1 N–H and O–H groups in total. The fraction of sp³-hybridized carbons (Fsp3) is 0.429. The molecule has 96 valence electrons. The Morgan fingerprint density at radius 3 is 2.94 bits per heavy atom. The van der Waals surface area contributed by atoms with E-state index in [1.54, 1.807) is 13.8 Å². The number of benzene rings is 1. The van der Waals surface area contributed by atoms with Crippen molar-refractivity contribution in [2.75, 3.05) is 6.61 Å². The Bertz CT molecular complexity index is 470. The molecule has 0 spiro atoms. The summed E-state index contributed by atoms with van der Waals surface area (Å²) in [6, 6.07) is 7.42. The number of amides is 1. The van der Waals surface area contributed by atoms with Gasteiger partial charge in [-0.05, 0) is 25.0 Å². The lowest BCUT2D eigenvalue weighted by molar-refractivity contribution is -0.148. The minimum Gasteiger partial charge on any atom is -0.466 e. The Hall–Kier alpha value is -1.84. The molecule has 1 aliphatic heterocycles. The molecule has 1 aliphatic rings. The summed E-state index contributed by atoms with van der Waals surface area (Å²) in [5.74, 6) is -0.704. The number of esters is 1. The van der Waals surface area contributed by atoms with Gasteiger partial charge in [-0.25, -0.2) is 0 Å². The number of ether oxygens (including phenoxy) is 1. The van der Waals surface area contributed by atoms with Gasteiger partial charge in [0.1, 0.15) is 0 Å². The average Bonchev–Trinajstić information content (AvgIpc) is 2.37. The highest BCUT2D eigenvalue weighted by atomic mass is 16.5. The Morgan fingerprint density at radius 1 is 1.50 bits per heavy atom. The maximum atomic E-state index is 11.8. The van der Waals surface area contributed by atoms with E-state index in [4.69, 9.17) is 4.74 Å². The number of hydrogen-bond donors (Lipinski definition) is 1. The zero-order chi connectivity index (χ0) is 13.1. The highest BCUT2D eigenvalue weighted by molar-refractivity contribution is 5.83. The van der Waals surface area contributed by atoms with Crippen molar-refractivity contribution in [1.29, 1.82) is 0 Å². The van der Waals surface area contributed by atoms with Crippen LogP contribution in [0, 0.1) is 5.92 Å². The van der Waals surface area contributed by atoms with Crippen LogP contribution in [0.2, 0.25) is 0 Å². The van der Waals surface area contributed by atoms with Crippen LogP contribution in [0.1, 0.15) is 31.0 Å². The molecule has 0 aliphatic carbocycles. The minimum atomic E-state index is -0.379. The van der Waals surface area contributed by atoms with E-state index >= 15 is 0 Å². The summed E-state index contributed by atoms with van der Waals surface area (Å²) in [6.07, 6.45) is 0.377. The second-order valence-electron chi connectivity index (χ2n) is 4.46. The van der Waals surface area contributed by atoms with Gasteiger partial charge in [-0.15, -0.1) is 0 Å². The summed E-state index contributed by atoms with van der Waals surface area (Å²) in [6.45, 7) is 3.91. The lowest BCUT2D eigenvalue weighted by Crippen LogP contribution is -2.41. The Balaban J connectivity index is 2.28. The first-order valence-electron chi connectivity index (χ1n) is 6.17. The van der Waals surface area contributed by atoms with Crippen LogP contribution in [-0.4, -0.2) is 18.5 Å². The predicted molar refractivity (Wildman–Crippen MR) is 66.8 cm³/mol. The van der Waals surface area contributed by atoms with E-state index in [9.17, 15) is 9.59 Å². The zero-order valence-electron chi connectivity index (χ0n) is 10.6. The first-order valence-corrected chi connectivity index (χ1v) is 6.17. The molecule has 1 heterocycles. The van der Waals surface area contributed by atoms with Crippen LogP contribution in [0.4, 0.5) is 0 Å². The summed E-state index contributed by atoms with van der Waals surface area (Å²) in [7, 11) is 0. The summed E-state index contributed by atoms with van der Waals surface area (Å²) < 4.78 is 5.02. The van der Waals surface area contributed by atoms with Crippen LogP contribution in [0.15, 0.2) is 24.3 Å². The van der Waals surface area contributed by atoms with Crippen molar-refractivity contribution in [2.24, 2.45) is 5.92 Å². The Labute approximate surface area is 106 Å². The molecule has 0 bridgehead atoms. The number of rotatable bonds is 3. The van der Waals surface area contributed by atoms with Crippen molar-refractivity contribution in [3.8, 4) is 0 Å². The summed E-state index contributed by atoms with van der Waals surface area (Å²) in [4.78, 5) is 23.4. The number of hydrogen-bond acceptors (Lipinski definition) is 3. The fourth-order valence-electron chi connectivity index (χ4n) is 2.28. The quantitative estimate of drug-likeness (QED) is 0.825. The third kappa shape index (κ3) is 2.37. The molecule has 0 fully saturated rings. The number of fused-ring (bicyclic) bond motifs is 1. The van der Waals surface area contributed by atoms with Crippen molar-refractivity contribution in [1.82, 2.24) is 5.32 Å². The Kier molecular flexibility index (Phi) is 3.65. The number of carbonyl (C=O) groups excluding carboxylic acids is 2. The lowest BCUT2D eigenvalue weighted by Gasteiger charge is -2.30. The van der Waals surface area contributed by atoms with E-state index in [0.29, 0.717) is 13.0 Å². The van der Waals surface area contributed by atoms with Crippen LogP contribution >= 0.6 is 0 Å². The molecule has 1 aromatic carbocycles. The normalized spacial score (nSPS) is 19.7. The maximum absolute atomic E-state index is 11.8. The first-order chi connectivity index (χ1) is 8.63. The third-order valence-corrected chi connectivity index (χ3v) is 3.22. The van der Waals surface area contributed by atoms with Crippen molar-refractivity contribution >= 4 is 11.9 Å². The summed E-state index contributed by atoms with van der Waals surface area (Å²) in [5.41, 5.74) is 2.00. The van der Waals surface area contributed by atoms with Crippen molar-refractivity contribution in [3.63, 3.8) is 0 Å². The smallest absolute Gasteiger partial charge is 0.311 e. The molecular formula is C14H17NO3. The first kappa shape index (κ1) is 12.6. The average molecular weight is 247 g/mol. The SMILES string of the molecule is CCOC(=O)C(C)C1NC(=O)Cc2ccccc21. The highest BCUT2D eigenvalue weighted by Gasteiger charge is 2.32. The maximum Gasteiger partial charge on any atom is 0.311 e. The lowest BCUT2D eigenvalue weighted by atomic mass is 9.87. The van der Waals surface area contributed by atoms with E-state index in [1.807, 2.05) is 24.3 Å². The minimum absolute atomic E-state index is 0.0464. The molecule has 18 heavy (non-hydrogen) atoms. The van der Waals surface area contributed by atoms with Crippen LogP contribution in [0.5, 0.6) is 0 Å². The van der Waals surface area contributed by atoms with Crippen LogP contribution in [0.3, 0.4) is 0 Å². The van der Waals surface area contributed by atoms with Gasteiger partial charge >= 0.3 is 5.97 Å². The molecule has 4 nitrogen and oxygen atoms in total. The molecule has 1 amide bonds.